The number of rotatable bonds is 8. The first-order valence-corrected chi connectivity index (χ1v) is 12.9. The zero-order valence-corrected chi connectivity index (χ0v) is 21.6. The fourth-order valence-corrected chi connectivity index (χ4v) is 4.84. The molecule has 0 saturated heterocycles. The molecule has 2 amide bonds. The van der Waals surface area contributed by atoms with Gasteiger partial charge in [0.15, 0.2) is 0 Å². The molecular weight excluding hydrogens is 484 g/mol. The minimum Gasteiger partial charge on any atom is -0.331 e. The molecule has 5 rings (SSSR count). The number of amides is 2. The molecule has 0 bridgehead atoms. The third-order valence-electron chi connectivity index (χ3n) is 6.68. The second-order valence-corrected chi connectivity index (χ2v) is 10.0. The van der Waals surface area contributed by atoms with Crippen LogP contribution in [0.2, 0.25) is 5.02 Å². The molecule has 1 heterocycles. The molecule has 37 heavy (non-hydrogen) atoms. The predicted molar refractivity (Wildman–Crippen MR) is 147 cm³/mol. The van der Waals surface area contributed by atoms with Crippen LogP contribution in [0.15, 0.2) is 91.0 Å². The monoisotopic (exact) mass is 512 g/mol. The van der Waals surface area contributed by atoms with E-state index >= 15 is 0 Å². The van der Waals surface area contributed by atoms with Crippen LogP contribution in [-0.2, 0) is 9.59 Å². The number of benzene rings is 3. The Balaban J connectivity index is 1.36. The quantitative estimate of drug-likeness (QED) is 0.307. The van der Waals surface area contributed by atoms with Crippen molar-refractivity contribution in [3.8, 4) is 16.9 Å². The number of anilines is 1. The first kappa shape index (κ1) is 24.8. The van der Waals surface area contributed by atoms with Crippen molar-refractivity contribution in [3.63, 3.8) is 0 Å². The van der Waals surface area contributed by atoms with Gasteiger partial charge in [0.25, 0.3) is 0 Å². The average molecular weight is 513 g/mol. The van der Waals surface area contributed by atoms with E-state index in [4.69, 9.17) is 16.7 Å². The molecule has 1 aliphatic rings. The van der Waals surface area contributed by atoms with E-state index in [-0.39, 0.29) is 36.2 Å². The van der Waals surface area contributed by atoms with E-state index in [1.165, 1.54) is 5.56 Å². The first-order chi connectivity index (χ1) is 17.9. The van der Waals surface area contributed by atoms with Gasteiger partial charge >= 0.3 is 0 Å². The van der Waals surface area contributed by atoms with Gasteiger partial charge in [0, 0.05) is 23.6 Å². The van der Waals surface area contributed by atoms with Crippen LogP contribution < -0.4 is 5.32 Å². The zero-order chi connectivity index (χ0) is 25.9. The van der Waals surface area contributed by atoms with E-state index in [1.54, 1.807) is 15.6 Å². The van der Waals surface area contributed by atoms with Crippen LogP contribution in [0.1, 0.15) is 31.7 Å². The lowest BCUT2D eigenvalue weighted by Crippen LogP contribution is -2.43. The molecule has 1 saturated carbocycles. The molecule has 188 valence electrons. The number of hydrogen-bond donors (Lipinski definition) is 1. The van der Waals surface area contributed by atoms with Crippen molar-refractivity contribution >= 4 is 29.2 Å². The molecule has 1 aromatic heterocycles. The second kappa shape index (κ2) is 10.6. The maximum atomic E-state index is 13.4. The summed E-state index contributed by atoms with van der Waals surface area (Å²) < 4.78 is 1.64. The van der Waals surface area contributed by atoms with Crippen molar-refractivity contribution in [2.45, 2.75) is 32.2 Å². The lowest BCUT2D eigenvalue weighted by Gasteiger charge is -2.26. The molecule has 2 unspecified atom stereocenters. The van der Waals surface area contributed by atoms with E-state index in [0.717, 1.165) is 12.0 Å². The van der Waals surface area contributed by atoms with Gasteiger partial charge in [-0.15, -0.1) is 0 Å². The van der Waals surface area contributed by atoms with Gasteiger partial charge in [0.2, 0.25) is 11.8 Å². The summed E-state index contributed by atoms with van der Waals surface area (Å²) >= 11 is 6.47. The van der Waals surface area contributed by atoms with Gasteiger partial charge in [-0.25, -0.2) is 4.68 Å². The van der Waals surface area contributed by atoms with Crippen LogP contribution in [0.4, 0.5) is 5.82 Å². The van der Waals surface area contributed by atoms with Gasteiger partial charge in [-0.3, -0.25) is 9.59 Å². The molecule has 3 aromatic carbocycles. The molecule has 0 radical (unpaired) electrons. The molecule has 0 aliphatic heterocycles. The number of carbonyl (C=O) groups is 2. The fourth-order valence-electron chi connectivity index (χ4n) is 4.63. The third-order valence-corrected chi connectivity index (χ3v) is 7.00. The lowest BCUT2D eigenvalue weighted by atomic mass is 10.1. The summed E-state index contributed by atoms with van der Waals surface area (Å²) in [7, 11) is 0. The van der Waals surface area contributed by atoms with Gasteiger partial charge < -0.3 is 10.2 Å². The van der Waals surface area contributed by atoms with Crippen molar-refractivity contribution in [1.29, 1.82) is 0 Å². The van der Waals surface area contributed by atoms with Gasteiger partial charge in [0.1, 0.15) is 12.4 Å². The highest BCUT2D eigenvalue weighted by Gasteiger charge is 2.46. The topological polar surface area (TPSA) is 67.2 Å². The number of nitrogens with zero attached hydrogens (tertiary/aromatic N) is 3. The molecule has 1 N–H and O–H groups in total. The maximum Gasteiger partial charge on any atom is 0.245 e. The highest BCUT2D eigenvalue weighted by Crippen LogP contribution is 2.48. The predicted octanol–water partition coefficient (Wildman–Crippen LogP) is 6.17. The number of hydrogen-bond acceptors (Lipinski definition) is 3. The van der Waals surface area contributed by atoms with Crippen LogP contribution in [0.3, 0.4) is 0 Å². The van der Waals surface area contributed by atoms with E-state index in [2.05, 4.69) is 17.4 Å². The van der Waals surface area contributed by atoms with E-state index in [1.807, 2.05) is 86.6 Å². The van der Waals surface area contributed by atoms with Gasteiger partial charge in [-0.1, -0.05) is 84.4 Å². The fraction of sp³-hybridized carbons (Fsp3) is 0.233. The number of halogens is 1. The molecule has 4 aromatic rings. The Bertz CT molecular complexity index is 1400. The number of para-hydroxylation sites is 1. The lowest BCUT2D eigenvalue weighted by molar-refractivity contribution is -0.137. The summed E-state index contributed by atoms with van der Waals surface area (Å²) in [5.74, 6) is 0.348. The smallest absolute Gasteiger partial charge is 0.245 e. The Morgan fingerprint density at radius 3 is 2.32 bits per heavy atom. The van der Waals surface area contributed by atoms with E-state index in [0.29, 0.717) is 22.2 Å². The highest BCUT2D eigenvalue weighted by molar-refractivity contribution is 6.32. The van der Waals surface area contributed by atoms with Gasteiger partial charge in [-0.2, -0.15) is 5.10 Å². The van der Waals surface area contributed by atoms with Crippen molar-refractivity contribution in [2.24, 2.45) is 5.92 Å². The number of nitrogens with one attached hydrogen (secondary N) is 1. The van der Waals surface area contributed by atoms with Crippen LogP contribution >= 0.6 is 11.6 Å². The molecule has 0 spiro atoms. The Morgan fingerprint density at radius 2 is 1.65 bits per heavy atom. The largest absolute Gasteiger partial charge is 0.331 e. The molecular formula is C30H29ClN4O2. The summed E-state index contributed by atoms with van der Waals surface area (Å²) in [6.45, 7) is 3.84. The molecule has 6 nitrogen and oxygen atoms in total. The molecule has 7 heteroatoms. The summed E-state index contributed by atoms with van der Waals surface area (Å²) in [5.41, 5.74) is 3.45. The Morgan fingerprint density at radius 1 is 1.00 bits per heavy atom. The summed E-state index contributed by atoms with van der Waals surface area (Å²) in [5, 5.41) is 8.22. The van der Waals surface area contributed by atoms with Crippen molar-refractivity contribution < 1.29 is 9.59 Å². The summed E-state index contributed by atoms with van der Waals surface area (Å²) in [4.78, 5) is 28.3. The van der Waals surface area contributed by atoms with Crippen LogP contribution in [0.25, 0.3) is 16.9 Å². The van der Waals surface area contributed by atoms with Crippen molar-refractivity contribution in [2.75, 3.05) is 11.9 Å². The minimum atomic E-state index is -0.285. The highest BCUT2D eigenvalue weighted by atomic mass is 35.5. The van der Waals surface area contributed by atoms with Crippen LogP contribution in [0.5, 0.6) is 0 Å². The molecule has 1 fully saturated rings. The van der Waals surface area contributed by atoms with Gasteiger partial charge in [0.05, 0.1) is 16.4 Å². The first-order valence-electron chi connectivity index (χ1n) is 12.5. The number of carbonyl (C=O) groups excluding carboxylic acids is 2. The average Bonchev–Trinajstić information content (AvgIpc) is 3.61. The summed E-state index contributed by atoms with van der Waals surface area (Å²) in [6.07, 6.45) is 0.813. The van der Waals surface area contributed by atoms with Crippen LogP contribution in [-0.4, -0.2) is 39.1 Å². The standard InChI is InChI=1S/C30H29ClN4O2/c1-20(2)34(30(37)24-17-23(24)21-11-5-3-6-12-21)19-29(36)32-28-18-26(22-13-7-4-8-14-22)33-35(28)27-16-10-9-15-25(27)31/h3-16,18,20,23-24H,17,19H2,1-2H3,(H,32,36). The maximum absolute atomic E-state index is 13.4. The van der Waals surface area contributed by atoms with Crippen molar-refractivity contribution in [1.82, 2.24) is 14.7 Å². The third kappa shape index (κ3) is 5.44. The Kier molecular flexibility index (Phi) is 7.10. The Hall–Kier alpha value is -3.90. The van der Waals surface area contributed by atoms with Gasteiger partial charge in [-0.05, 0) is 43.9 Å². The molecule has 1 aliphatic carbocycles. The SMILES string of the molecule is CC(C)N(CC(=O)Nc1cc(-c2ccccc2)nn1-c1ccccc1Cl)C(=O)C1CC1c1ccccc1. The molecule has 2 atom stereocenters. The number of aromatic nitrogens is 2. The Labute approximate surface area is 221 Å². The van der Waals surface area contributed by atoms with E-state index in [9.17, 15) is 9.59 Å². The second-order valence-electron chi connectivity index (χ2n) is 9.61. The summed E-state index contributed by atoms with van der Waals surface area (Å²) in [6, 6.07) is 28.9. The zero-order valence-electron chi connectivity index (χ0n) is 20.8. The van der Waals surface area contributed by atoms with Crippen LogP contribution in [0, 0.1) is 5.92 Å². The normalized spacial score (nSPS) is 16.4. The van der Waals surface area contributed by atoms with E-state index < -0.39 is 0 Å². The van der Waals surface area contributed by atoms with Crippen molar-refractivity contribution in [3.05, 3.63) is 102 Å². The minimum absolute atomic E-state index is 0.0172.